The van der Waals surface area contributed by atoms with Crippen LogP contribution in [0.3, 0.4) is 0 Å². The minimum atomic E-state index is 0.508. The Labute approximate surface area is 158 Å². The van der Waals surface area contributed by atoms with Gasteiger partial charge in [0, 0.05) is 44.3 Å². The fraction of sp³-hybridized carbons (Fsp3) is 0.316. The van der Waals surface area contributed by atoms with Gasteiger partial charge in [0.05, 0.1) is 6.20 Å². The number of anilines is 4. The van der Waals surface area contributed by atoms with Crippen LogP contribution in [0.1, 0.15) is 11.1 Å². The summed E-state index contributed by atoms with van der Waals surface area (Å²) in [6.45, 7) is 7.49. The van der Waals surface area contributed by atoms with E-state index in [0.29, 0.717) is 5.95 Å². The van der Waals surface area contributed by atoms with Crippen LogP contribution in [0, 0.1) is 13.8 Å². The molecule has 1 aliphatic heterocycles. The summed E-state index contributed by atoms with van der Waals surface area (Å²) in [7, 11) is 0. The lowest BCUT2D eigenvalue weighted by Crippen LogP contribution is -2.47. The van der Waals surface area contributed by atoms with Gasteiger partial charge in [-0.05, 0) is 31.5 Å². The van der Waals surface area contributed by atoms with Crippen molar-refractivity contribution in [3.8, 4) is 0 Å². The van der Waals surface area contributed by atoms with Gasteiger partial charge >= 0.3 is 0 Å². The maximum atomic E-state index is 4.64. The summed E-state index contributed by atoms with van der Waals surface area (Å²) >= 11 is 0. The molecule has 8 heteroatoms. The molecule has 4 rings (SSSR count). The standard InChI is InChI=1S/C19H22N8/c1-14-4-5-16(15(2)12-14)23-18-24-17(13-22-25-18)26-8-10-27(11-9-26)19-20-6-3-7-21-19/h3-7,12-13H,8-11H2,1-2H3,(H,23,24,25). The van der Waals surface area contributed by atoms with Crippen LogP contribution in [0.5, 0.6) is 0 Å². The minimum Gasteiger partial charge on any atom is -0.352 e. The minimum absolute atomic E-state index is 0.508. The number of hydrogen-bond donors (Lipinski definition) is 1. The number of aryl methyl sites for hydroxylation is 2. The molecular weight excluding hydrogens is 340 g/mol. The van der Waals surface area contributed by atoms with Gasteiger partial charge in [-0.2, -0.15) is 10.1 Å². The topological polar surface area (TPSA) is 83.0 Å². The molecule has 0 spiro atoms. The first kappa shape index (κ1) is 17.1. The monoisotopic (exact) mass is 362 g/mol. The van der Waals surface area contributed by atoms with Gasteiger partial charge < -0.3 is 15.1 Å². The molecule has 0 bridgehead atoms. The second-order valence-electron chi connectivity index (χ2n) is 6.60. The molecule has 1 aliphatic rings. The first-order chi connectivity index (χ1) is 13.2. The molecule has 0 radical (unpaired) electrons. The van der Waals surface area contributed by atoms with Crippen LogP contribution in [-0.4, -0.2) is 51.3 Å². The number of rotatable bonds is 4. The average Bonchev–Trinajstić information content (AvgIpc) is 2.71. The molecular formula is C19H22N8. The van der Waals surface area contributed by atoms with Crippen molar-refractivity contribution in [3.63, 3.8) is 0 Å². The van der Waals surface area contributed by atoms with Crippen molar-refractivity contribution < 1.29 is 0 Å². The van der Waals surface area contributed by atoms with Crippen molar-refractivity contribution in [1.82, 2.24) is 25.1 Å². The van der Waals surface area contributed by atoms with Gasteiger partial charge in [-0.3, -0.25) is 0 Å². The molecule has 0 aliphatic carbocycles. The quantitative estimate of drug-likeness (QED) is 0.757. The smallest absolute Gasteiger partial charge is 0.249 e. The predicted molar refractivity (Wildman–Crippen MR) is 105 cm³/mol. The highest BCUT2D eigenvalue weighted by Crippen LogP contribution is 2.21. The van der Waals surface area contributed by atoms with Crippen molar-refractivity contribution in [2.45, 2.75) is 13.8 Å². The Hall–Kier alpha value is -3.29. The zero-order valence-electron chi connectivity index (χ0n) is 15.5. The molecule has 0 amide bonds. The molecule has 1 saturated heterocycles. The average molecular weight is 362 g/mol. The molecule has 1 N–H and O–H groups in total. The third-order valence-corrected chi connectivity index (χ3v) is 4.61. The van der Waals surface area contributed by atoms with Crippen molar-refractivity contribution in [2.24, 2.45) is 0 Å². The van der Waals surface area contributed by atoms with Gasteiger partial charge in [-0.1, -0.05) is 17.7 Å². The summed E-state index contributed by atoms with van der Waals surface area (Å²) in [6, 6.07) is 8.07. The third kappa shape index (κ3) is 3.94. The summed E-state index contributed by atoms with van der Waals surface area (Å²) in [4.78, 5) is 17.7. The SMILES string of the molecule is Cc1ccc(Nc2nncc(N3CCN(c4ncccn4)CC3)n2)c(C)c1. The van der Waals surface area contributed by atoms with E-state index >= 15 is 0 Å². The number of aromatic nitrogens is 5. The van der Waals surface area contributed by atoms with Crippen LogP contribution in [0.25, 0.3) is 0 Å². The van der Waals surface area contributed by atoms with E-state index in [-0.39, 0.29) is 0 Å². The molecule has 3 aromatic rings. The van der Waals surface area contributed by atoms with Gasteiger partial charge in [0.2, 0.25) is 11.9 Å². The molecule has 0 atom stereocenters. The first-order valence-electron chi connectivity index (χ1n) is 9.00. The lowest BCUT2D eigenvalue weighted by molar-refractivity contribution is 0.632. The largest absolute Gasteiger partial charge is 0.352 e. The van der Waals surface area contributed by atoms with Gasteiger partial charge in [0.1, 0.15) is 0 Å². The van der Waals surface area contributed by atoms with Crippen LogP contribution >= 0.6 is 0 Å². The van der Waals surface area contributed by atoms with E-state index in [1.165, 1.54) is 5.56 Å². The Kier molecular flexibility index (Phi) is 4.78. The highest BCUT2D eigenvalue weighted by atomic mass is 15.4. The number of nitrogens with one attached hydrogen (secondary N) is 1. The number of piperazine rings is 1. The maximum absolute atomic E-state index is 4.64. The molecule has 8 nitrogen and oxygen atoms in total. The van der Waals surface area contributed by atoms with Crippen LogP contribution in [0.15, 0.2) is 42.9 Å². The second-order valence-corrected chi connectivity index (χ2v) is 6.60. The Morgan fingerprint density at radius 1 is 0.963 bits per heavy atom. The van der Waals surface area contributed by atoms with Crippen molar-refractivity contribution in [3.05, 3.63) is 54.0 Å². The number of hydrogen-bond acceptors (Lipinski definition) is 8. The van der Waals surface area contributed by atoms with E-state index in [1.54, 1.807) is 18.6 Å². The Morgan fingerprint density at radius 3 is 2.44 bits per heavy atom. The second kappa shape index (κ2) is 7.53. The third-order valence-electron chi connectivity index (χ3n) is 4.61. The Balaban J connectivity index is 1.44. The van der Waals surface area contributed by atoms with Crippen molar-refractivity contribution in [2.75, 3.05) is 41.3 Å². The fourth-order valence-electron chi connectivity index (χ4n) is 3.16. The molecule has 138 valence electrons. The Morgan fingerprint density at radius 2 is 1.70 bits per heavy atom. The molecule has 1 fully saturated rings. The lowest BCUT2D eigenvalue weighted by Gasteiger charge is -2.35. The number of nitrogens with zero attached hydrogens (tertiary/aromatic N) is 7. The summed E-state index contributed by atoms with van der Waals surface area (Å²) in [5.41, 5.74) is 3.37. The van der Waals surface area contributed by atoms with Crippen LogP contribution < -0.4 is 15.1 Å². The van der Waals surface area contributed by atoms with Gasteiger partial charge in [0.15, 0.2) is 5.82 Å². The highest BCUT2D eigenvalue weighted by Gasteiger charge is 2.20. The van der Waals surface area contributed by atoms with E-state index in [0.717, 1.165) is 49.2 Å². The van der Waals surface area contributed by atoms with Crippen LogP contribution in [-0.2, 0) is 0 Å². The van der Waals surface area contributed by atoms with Crippen molar-refractivity contribution in [1.29, 1.82) is 0 Å². The molecule has 3 heterocycles. The summed E-state index contributed by atoms with van der Waals surface area (Å²) < 4.78 is 0. The fourth-order valence-corrected chi connectivity index (χ4v) is 3.16. The molecule has 27 heavy (non-hydrogen) atoms. The lowest BCUT2D eigenvalue weighted by atomic mass is 10.1. The van der Waals surface area contributed by atoms with Crippen LogP contribution in [0.2, 0.25) is 0 Å². The molecule has 2 aromatic heterocycles. The van der Waals surface area contributed by atoms with Gasteiger partial charge in [-0.15, -0.1) is 5.10 Å². The van der Waals surface area contributed by atoms with E-state index in [9.17, 15) is 0 Å². The zero-order valence-corrected chi connectivity index (χ0v) is 15.5. The van der Waals surface area contributed by atoms with Crippen LogP contribution in [0.4, 0.5) is 23.4 Å². The summed E-state index contributed by atoms with van der Waals surface area (Å²) in [5.74, 6) is 2.11. The normalized spacial score (nSPS) is 14.3. The molecule has 1 aromatic carbocycles. The molecule has 0 unspecified atom stereocenters. The zero-order chi connectivity index (χ0) is 18.6. The molecule has 0 saturated carbocycles. The summed E-state index contributed by atoms with van der Waals surface area (Å²) in [6.07, 6.45) is 5.25. The van der Waals surface area contributed by atoms with E-state index < -0.39 is 0 Å². The summed E-state index contributed by atoms with van der Waals surface area (Å²) in [5, 5.41) is 11.5. The van der Waals surface area contributed by atoms with Gasteiger partial charge in [0.25, 0.3) is 0 Å². The van der Waals surface area contributed by atoms with E-state index in [2.05, 4.69) is 66.2 Å². The number of benzene rings is 1. The van der Waals surface area contributed by atoms with E-state index in [4.69, 9.17) is 0 Å². The van der Waals surface area contributed by atoms with E-state index in [1.807, 2.05) is 12.1 Å². The predicted octanol–water partition coefficient (Wildman–Crippen LogP) is 2.35. The van der Waals surface area contributed by atoms with Crippen molar-refractivity contribution >= 4 is 23.4 Å². The maximum Gasteiger partial charge on any atom is 0.249 e. The van der Waals surface area contributed by atoms with Gasteiger partial charge in [-0.25, -0.2) is 9.97 Å². The first-order valence-corrected chi connectivity index (χ1v) is 9.00. The Bertz CT molecular complexity index is 907. The highest BCUT2D eigenvalue weighted by molar-refractivity contribution is 5.59.